The zero-order valence-corrected chi connectivity index (χ0v) is 17.7. The Morgan fingerprint density at radius 2 is 1.55 bits per heavy atom. The van der Waals surface area contributed by atoms with Crippen LogP contribution in [-0.2, 0) is 11.3 Å². The molecule has 3 aromatic carbocycles. The second-order valence-corrected chi connectivity index (χ2v) is 7.68. The van der Waals surface area contributed by atoms with E-state index in [0.29, 0.717) is 12.1 Å². The Morgan fingerprint density at radius 1 is 0.871 bits per heavy atom. The lowest BCUT2D eigenvalue weighted by molar-refractivity contribution is 0.0596. The van der Waals surface area contributed by atoms with E-state index in [1.54, 1.807) is 35.6 Å². The van der Waals surface area contributed by atoms with Gasteiger partial charge in [-0.3, -0.25) is 4.79 Å². The van der Waals surface area contributed by atoms with E-state index in [-0.39, 0.29) is 11.5 Å². The number of benzene rings is 3. The Balaban J connectivity index is 1.43. The van der Waals surface area contributed by atoms with Gasteiger partial charge in [-0.25, -0.2) is 9.78 Å². The number of amides is 1. The molecule has 4 rings (SSSR count). The van der Waals surface area contributed by atoms with Crippen molar-refractivity contribution in [2.75, 3.05) is 7.11 Å². The van der Waals surface area contributed by atoms with E-state index in [9.17, 15) is 9.59 Å². The molecule has 1 amide bonds. The first-order chi connectivity index (χ1) is 15.2. The van der Waals surface area contributed by atoms with Crippen molar-refractivity contribution in [3.8, 4) is 21.8 Å². The molecule has 0 bridgehead atoms. The van der Waals surface area contributed by atoms with Gasteiger partial charge in [0.25, 0.3) is 5.91 Å². The summed E-state index contributed by atoms with van der Waals surface area (Å²) in [5.74, 6) is -0.856. The second kappa shape index (κ2) is 9.36. The first-order valence-electron chi connectivity index (χ1n) is 9.71. The molecule has 1 N–H and O–H groups in total. The monoisotopic (exact) mass is 428 g/mol. The molecule has 0 saturated carbocycles. The molecule has 0 atom stereocenters. The molecule has 0 aliphatic carbocycles. The summed E-state index contributed by atoms with van der Waals surface area (Å²) in [6, 6.07) is 24.6. The van der Waals surface area contributed by atoms with E-state index < -0.39 is 5.97 Å². The molecular weight excluding hydrogens is 408 g/mol. The van der Waals surface area contributed by atoms with Gasteiger partial charge in [-0.1, -0.05) is 66.7 Å². The topological polar surface area (TPSA) is 68.3 Å². The lowest BCUT2D eigenvalue weighted by atomic mass is 10.1. The zero-order valence-electron chi connectivity index (χ0n) is 16.9. The van der Waals surface area contributed by atoms with Crippen molar-refractivity contribution >= 4 is 23.2 Å². The molecule has 1 aromatic heterocycles. The number of hydrogen-bond acceptors (Lipinski definition) is 5. The van der Waals surface area contributed by atoms with Gasteiger partial charge < -0.3 is 10.1 Å². The van der Waals surface area contributed by atoms with Crippen LogP contribution in [0.25, 0.3) is 21.8 Å². The number of thiazole rings is 1. The Bertz CT molecular complexity index is 1200. The number of esters is 1. The summed E-state index contributed by atoms with van der Waals surface area (Å²) in [5.41, 5.74) is 4.57. The van der Waals surface area contributed by atoms with E-state index in [4.69, 9.17) is 9.72 Å². The summed E-state index contributed by atoms with van der Waals surface area (Å²) >= 11 is 1.60. The van der Waals surface area contributed by atoms with Gasteiger partial charge in [0.15, 0.2) is 0 Å². The fourth-order valence-electron chi connectivity index (χ4n) is 3.16. The fourth-order valence-corrected chi connectivity index (χ4v) is 3.99. The average Bonchev–Trinajstić information content (AvgIpc) is 3.33. The Kier molecular flexibility index (Phi) is 6.19. The van der Waals surface area contributed by atoms with Gasteiger partial charge in [0.2, 0.25) is 0 Å². The number of ether oxygens (including phenoxy) is 1. The van der Waals surface area contributed by atoms with Gasteiger partial charge >= 0.3 is 5.97 Å². The molecular formula is C25H20N2O3S. The van der Waals surface area contributed by atoms with Crippen LogP contribution >= 0.6 is 11.3 Å². The van der Waals surface area contributed by atoms with Crippen molar-refractivity contribution in [3.05, 3.63) is 101 Å². The van der Waals surface area contributed by atoms with Gasteiger partial charge in [0, 0.05) is 23.1 Å². The van der Waals surface area contributed by atoms with Gasteiger partial charge in [-0.15, -0.1) is 11.3 Å². The smallest absolute Gasteiger partial charge is 0.338 e. The number of rotatable bonds is 6. The van der Waals surface area contributed by atoms with E-state index >= 15 is 0 Å². The molecule has 0 unspecified atom stereocenters. The molecule has 4 aromatic rings. The van der Waals surface area contributed by atoms with Crippen LogP contribution in [0.2, 0.25) is 0 Å². The summed E-state index contributed by atoms with van der Waals surface area (Å²) < 4.78 is 4.75. The van der Waals surface area contributed by atoms with Crippen LogP contribution in [0.15, 0.2) is 84.2 Å². The van der Waals surface area contributed by atoms with Gasteiger partial charge in [-0.2, -0.15) is 0 Å². The predicted octanol–water partition coefficient (Wildman–Crippen LogP) is 5.19. The lowest BCUT2D eigenvalue weighted by Crippen LogP contribution is -2.25. The van der Waals surface area contributed by atoms with Crippen LogP contribution < -0.4 is 5.32 Å². The SMILES string of the molecule is COC(=O)c1ccccc1C(=O)NCc1ccc(-c2nc(-c3ccccc3)cs2)cc1. The summed E-state index contributed by atoms with van der Waals surface area (Å²) in [6.45, 7) is 0.349. The molecule has 0 fully saturated rings. The van der Waals surface area contributed by atoms with Crippen LogP contribution in [0, 0.1) is 0 Å². The van der Waals surface area contributed by atoms with E-state index in [1.807, 2.05) is 54.6 Å². The number of nitrogens with one attached hydrogen (secondary N) is 1. The third kappa shape index (κ3) is 4.70. The maximum absolute atomic E-state index is 12.6. The van der Waals surface area contributed by atoms with Crippen molar-refractivity contribution in [3.63, 3.8) is 0 Å². The average molecular weight is 429 g/mol. The Morgan fingerprint density at radius 3 is 2.26 bits per heavy atom. The molecule has 0 saturated heterocycles. The molecule has 0 radical (unpaired) electrons. The highest BCUT2D eigenvalue weighted by molar-refractivity contribution is 7.13. The molecule has 0 spiro atoms. The second-order valence-electron chi connectivity index (χ2n) is 6.82. The van der Waals surface area contributed by atoms with E-state index in [1.165, 1.54) is 7.11 Å². The molecule has 154 valence electrons. The Labute approximate surface area is 184 Å². The van der Waals surface area contributed by atoms with Gasteiger partial charge in [-0.05, 0) is 17.7 Å². The molecule has 0 aliphatic rings. The number of nitrogens with zero attached hydrogens (tertiary/aromatic N) is 1. The van der Waals surface area contributed by atoms with E-state index in [0.717, 1.165) is 27.4 Å². The highest BCUT2D eigenvalue weighted by Gasteiger charge is 2.16. The van der Waals surface area contributed by atoms with Crippen LogP contribution in [0.3, 0.4) is 0 Å². The highest BCUT2D eigenvalue weighted by atomic mass is 32.1. The maximum Gasteiger partial charge on any atom is 0.338 e. The van der Waals surface area contributed by atoms with Crippen molar-refractivity contribution in [2.24, 2.45) is 0 Å². The van der Waals surface area contributed by atoms with Gasteiger partial charge in [0.05, 0.1) is 23.9 Å². The number of methoxy groups -OCH3 is 1. The Hall–Kier alpha value is -3.77. The third-order valence-electron chi connectivity index (χ3n) is 4.80. The first kappa shape index (κ1) is 20.5. The largest absolute Gasteiger partial charge is 0.465 e. The number of carbonyl (C=O) groups excluding carboxylic acids is 2. The maximum atomic E-state index is 12.6. The summed E-state index contributed by atoms with van der Waals surface area (Å²) in [5, 5.41) is 5.86. The van der Waals surface area contributed by atoms with Crippen molar-refractivity contribution in [2.45, 2.75) is 6.54 Å². The fraction of sp³-hybridized carbons (Fsp3) is 0.0800. The minimum atomic E-state index is -0.534. The number of hydrogen-bond donors (Lipinski definition) is 1. The standard InChI is InChI=1S/C25H20N2O3S/c1-30-25(29)21-10-6-5-9-20(21)23(28)26-15-17-11-13-19(14-12-17)24-27-22(16-31-24)18-7-3-2-4-8-18/h2-14,16H,15H2,1H3,(H,26,28). The summed E-state index contributed by atoms with van der Waals surface area (Å²) in [6.07, 6.45) is 0. The molecule has 31 heavy (non-hydrogen) atoms. The quantitative estimate of drug-likeness (QED) is 0.429. The van der Waals surface area contributed by atoms with Crippen LogP contribution in [0.1, 0.15) is 26.3 Å². The minimum Gasteiger partial charge on any atom is -0.465 e. The van der Waals surface area contributed by atoms with Crippen LogP contribution in [0.5, 0.6) is 0 Å². The molecule has 1 heterocycles. The normalized spacial score (nSPS) is 10.5. The number of carbonyl (C=O) groups is 2. The van der Waals surface area contributed by atoms with Crippen LogP contribution in [-0.4, -0.2) is 24.0 Å². The van der Waals surface area contributed by atoms with Crippen molar-refractivity contribution < 1.29 is 14.3 Å². The minimum absolute atomic E-state index is 0.246. The lowest BCUT2D eigenvalue weighted by Gasteiger charge is -2.09. The summed E-state index contributed by atoms with van der Waals surface area (Å²) in [4.78, 5) is 29.2. The van der Waals surface area contributed by atoms with Crippen molar-refractivity contribution in [1.29, 1.82) is 0 Å². The molecule has 6 heteroatoms. The van der Waals surface area contributed by atoms with E-state index in [2.05, 4.69) is 10.7 Å². The number of aromatic nitrogens is 1. The highest BCUT2D eigenvalue weighted by Crippen LogP contribution is 2.28. The van der Waals surface area contributed by atoms with Crippen LogP contribution in [0.4, 0.5) is 0 Å². The molecule has 5 nitrogen and oxygen atoms in total. The third-order valence-corrected chi connectivity index (χ3v) is 5.70. The predicted molar refractivity (Wildman–Crippen MR) is 122 cm³/mol. The van der Waals surface area contributed by atoms with Gasteiger partial charge in [0.1, 0.15) is 5.01 Å². The molecule has 0 aliphatic heterocycles. The zero-order chi connectivity index (χ0) is 21.6. The first-order valence-corrected chi connectivity index (χ1v) is 10.6. The van der Waals surface area contributed by atoms with Crippen molar-refractivity contribution in [1.82, 2.24) is 10.3 Å². The summed E-state index contributed by atoms with van der Waals surface area (Å²) in [7, 11) is 1.30.